The van der Waals surface area contributed by atoms with Gasteiger partial charge in [-0.2, -0.15) is 0 Å². The summed E-state index contributed by atoms with van der Waals surface area (Å²) in [4.78, 5) is 29.2. The van der Waals surface area contributed by atoms with Crippen LogP contribution in [0.2, 0.25) is 0 Å². The highest BCUT2D eigenvalue weighted by Gasteiger charge is 2.30. The first-order chi connectivity index (χ1) is 8.59. The number of nitrogens with one attached hydrogen (secondary N) is 1. The van der Waals surface area contributed by atoms with Gasteiger partial charge in [-0.05, 0) is 19.4 Å². The molecule has 6 nitrogen and oxygen atoms in total. The highest BCUT2D eigenvalue weighted by Crippen LogP contribution is 2.11. The van der Waals surface area contributed by atoms with E-state index in [2.05, 4.69) is 5.32 Å². The summed E-state index contributed by atoms with van der Waals surface area (Å²) in [7, 11) is 3.50. The van der Waals surface area contributed by atoms with E-state index in [0.717, 1.165) is 19.4 Å². The number of hydrogen-bond acceptors (Lipinski definition) is 3. The van der Waals surface area contributed by atoms with Crippen molar-refractivity contribution in [1.82, 2.24) is 20.0 Å². The third-order valence-corrected chi connectivity index (χ3v) is 3.60. The Kier molecular flexibility index (Phi) is 4.06. The summed E-state index contributed by atoms with van der Waals surface area (Å²) in [5.74, 6) is 0.199. The lowest BCUT2D eigenvalue weighted by Gasteiger charge is -2.36. The fraction of sp³-hybridized carbons (Fsp3) is 0.833. The molecule has 2 saturated heterocycles. The topological polar surface area (TPSA) is 55.9 Å². The Morgan fingerprint density at radius 1 is 1.11 bits per heavy atom. The molecule has 3 amide bonds. The van der Waals surface area contributed by atoms with Gasteiger partial charge in [-0.1, -0.05) is 0 Å². The van der Waals surface area contributed by atoms with Crippen molar-refractivity contribution < 1.29 is 9.59 Å². The number of hydrogen-bond donors (Lipinski definition) is 1. The fourth-order valence-electron chi connectivity index (χ4n) is 2.52. The second-order valence-corrected chi connectivity index (χ2v) is 5.14. The van der Waals surface area contributed by atoms with Crippen molar-refractivity contribution in [2.45, 2.75) is 18.9 Å². The van der Waals surface area contributed by atoms with Crippen molar-refractivity contribution in [3.8, 4) is 0 Å². The van der Waals surface area contributed by atoms with Crippen LogP contribution in [0.5, 0.6) is 0 Å². The van der Waals surface area contributed by atoms with Crippen molar-refractivity contribution in [2.24, 2.45) is 0 Å². The van der Waals surface area contributed by atoms with E-state index in [0.29, 0.717) is 26.2 Å². The average molecular weight is 254 g/mol. The summed E-state index contributed by atoms with van der Waals surface area (Å²) < 4.78 is 0. The molecule has 2 aliphatic heterocycles. The average Bonchev–Trinajstić information content (AvgIpc) is 2.91. The van der Waals surface area contributed by atoms with E-state index in [1.54, 1.807) is 23.9 Å². The smallest absolute Gasteiger partial charge is 0.319 e. The molecule has 2 fully saturated rings. The van der Waals surface area contributed by atoms with Gasteiger partial charge < -0.3 is 20.0 Å². The SMILES string of the molecule is CN(C)C(=O)N1CCN(C(=O)[C@H]2CCCN2)CC1. The highest BCUT2D eigenvalue weighted by molar-refractivity contribution is 5.82. The minimum Gasteiger partial charge on any atom is -0.338 e. The van der Waals surface area contributed by atoms with E-state index in [1.807, 2.05) is 4.90 Å². The molecule has 6 heteroatoms. The van der Waals surface area contributed by atoms with E-state index in [1.165, 1.54) is 0 Å². The Labute approximate surface area is 108 Å². The molecule has 2 heterocycles. The second kappa shape index (κ2) is 5.56. The van der Waals surface area contributed by atoms with Crippen LogP contribution in [0.1, 0.15) is 12.8 Å². The lowest BCUT2D eigenvalue weighted by Crippen LogP contribution is -2.55. The van der Waals surface area contributed by atoms with E-state index in [9.17, 15) is 9.59 Å². The van der Waals surface area contributed by atoms with E-state index in [-0.39, 0.29) is 18.0 Å². The molecule has 1 atom stereocenters. The summed E-state index contributed by atoms with van der Waals surface area (Å²) in [6, 6.07) is 0.0298. The quantitative estimate of drug-likeness (QED) is 0.690. The molecule has 0 aromatic rings. The van der Waals surface area contributed by atoms with Gasteiger partial charge in [0.1, 0.15) is 0 Å². The zero-order valence-electron chi connectivity index (χ0n) is 11.2. The normalized spacial score (nSPS) is 24.2. The fourth-order valence-corrected chi connectivity index (χ4v) is 2.52. The highest BCUT2D eigenvalue weighted by atomic mass is 16.2. The van der Waals surface area contributed by atoms with E-state index >= 15 is 0 Å². The molecule has 0 aliphatic carbocycles. The number of carbonyl (C=O) groups excluding carboxylic acids is 2. The van der Waals surface area contributed by atoms with Crippen molar-refractivity contribution in [3.63, 3.8) is 0 Å². The molecule has 0 spiro atoms. The third kappa shape index (κ3) is 2.75. The minimum absolute atomic E-state index is 0.00102. The largest absolute Gasteiger partial charge is 0.338 e. The predicted molar refractivity (Wildman–Crippen MR) is 68.3 cm³/mol. The van der Waals surface area contributed by atoms with Crippen molar-refractivity contribution >= 4 is 11.9 Å². The number of rotatable bonds is 1. The molecule has 0 bridgehead atoms. The van der Waals surface area contributed by atoms with Crippen LogP contribution < -0.4 is 5.32 Å². The molecular weight excluding hydrogens is 232 g/mol. The number of carbonyl (C=O) groups is 2. The van der Waals surface area contributed by atoms with Crippen molar-refractivity contribution in [1.29, 1.82) is 0 Å². The lowest BCUT2D eigenvalue weighted by molar-refractivity contribution is -0.134. The Morgan fingerprint density at radius 3 is 2.22 bits per heavy atom. The van der Waals surface area contributed by atoms with Crippen LogP contribution >= 0.6 is 0 Å². The van der Waals surface area contributed by atoms with Crippen LogP contribution in [-0.2, 0) is 4.79 Å². The van der Waals surface area contributed by atoms with Crippen LogP contribution in [-0.4, -0.2) is 79.5 Å². The standard InChI is InChI=1S/C12H22N4O2/c1-14(2)12(18)16-8-6-15(7-9-16)11(17)10-4-3-5-13-10/h10,13H,3-9H2,1-2H3/t10-/m1/s1. The number of urea groups is 1. The van der Waals surface area contributed by atoms with Gasteiger partial charge in [0.05, 0.1) is 6.04 Å². The van der Waals surface area contributed by atoms with Gasteiger partial charge in [-0.25, -0.2) is 4.79 Å². The number of nitrogens with zero attached hydrogens (tertiary/aromatic N) is 3. The van der Waals surface area contributed by atoms with Gasteiger partial charge in [-0.3, -0.25) is 4.79 Å². The van der Waals surface area contributed by atoms with Crippen LogP contribution in [0.15, 0.2) is 0 Å². The van der Waals surface area contributed by atoms with E-state index in [4.69, 9.17) is 0 Å². The molecule has 0 unspecified atom stereocenters. The summed E-state index contributed by atoms with van der Waals surface area (Å²) in [6.45, 7) is 3.51. The van der Waals surface area contributed by atoms with Gasteiger partial charge in [0.25, 0.3) is 0 Å². The minimum atomic E-state index is 0.00102. The maximum absolute atomic E-state index is 12.2. The molecule has 18 heavy (non-hydrogen) atoms. The summed E-state index contributed by atoms with van der Waals surface area (Å²) >= 11 is 0. The molecule has 1 N–H and O–H groups in total. The van der Waals surface area contributed by atoms with Crippen LogP contribution in [0.3, 0.4) is 0 Å². The van der Waals surface area contributed by atoms with E-state index < -0.39 is 0 Å². The first-order valence-electron chi connectivity index (χ1n) is 6.58. The first-order valence-corrected chi connectivity index (χ1v) is 6.58. The van der Waals surface area contributed by atoms with Crippen LogP contribution in [0.25, 0.3) is 0 Å². The maximum atomic E-state index is 12.2. The number of piperazine rings is 1. The summed E-state index contributed by atoms with van der Waals surface area (Å²) in [5.41, 5.74) is 0. The Balaban J connectivity index is 1.82. The van der Waals surface area contributed by atoms with Crippen molar-refractivity contribution in [2.75, 3.05) is 46.8 Å². The predicted octanol–water partition coefficient (Wildman–Crippen LogP) is -0.436. The molecule has 0 radical (unpaired) electrons. The van der Waals surface area contributed by atoms with Crippen LogP contribution in [0.4, 0.5) is 4.79 Å². The van der Waals surface area contributed by atoms with Gasteiger partial charge in [0.2, 0.25) is 5.91 Å². The molecule has 102 valence electrons. The first kappa shape index (κ1) is 13.1. The summed E-state index contributed by atoms with van der Waals surface area (Å²) in [6.07, 6.45) is 2.02. The molecule has 0 aromatic carbocycles. The zero-order chi connectivity index (χ0) is 13.1. The lowest BCUT2D eigenvalue weighted by atomic mass is 10.2. The Hall–Kier alpha value is -1.30. The Bertz CT molecular complexity index is 318. The van der Waals surface area contributed by atoms with Crippen LogP contribution in [0, 0.1) is 0 Å². The van der Waals surface area contributed by atoms with Gasteiger partial charge >= 0.3 is 6.03 Å². The number of amides is 3. The molecule has 0 saturated carbocycles. The molecule has 2 rings (SSSR count). The zero-order valence-corrected chi connectivity index (χ0v) is 11.2. The summed E-state index contributed by atoms with van der Waals surface area (Å²) in [5, 5.41) is 3.23. The van der Waals surface area contributed by atoms with Crippen molar-refractivity contribution in [3.05, 3.63) is 0 Å². The maximum Gasteiger partial charge on any atom is 0.319 e. The van der Waals surface area contributed by atoms with Gasteiger partial charge in [0, 0.05) is 40.3 Å². The monoisotopic (exact) mass is 254 g/mol. The molecule has 2 aliphatic rings. The van der Waals surface area contributed by atoms with Gasteiger partial charge in [-0.15, -0.1) is 0 Å². The molecule has 0 aromatic heterocycles. The van der Waals surface area contributed by atoms with Gasteiger partial charge in [0.15, 0.2) is 0 Å². The third-order valence-electron chi connectivity index (χ3n) is 3.60. The second-order valence-electron chi connectivity index (χ2n) is 5.14. The Morgan fingerprint density at radius 2 is 1.72 bits per heavy atom. The molecular formula is C12H22N4O2.